The van der Waals surface area contributed by atoms with Gasteiger partial charge in [0.25, 0.3) is 0 Å². The molecule has 1 aliphatic rings. The van der Waals surface area contributed by atoms with Gasteiger partial charge in [0, 0.05) is 32.1 Å². The Morgan fingerprint density at radius 3 is 2.25 bits per heavy atom. The van der Waals surface area contributed by atoms with Crippen molar-refractivity contribution in [3.8, 4) is 11.1 Å². The number of carboxylic acid groups (broad SMARTS) is 1. The van der Waals surface area contributed by atoms with E-state index in [2.05, 4.69) is 17.4 Å². The number of nitrogens with zero attached hydrogens (tertiary/aromatic N) is 1. The first-order valence-corrected chi connectivity index (χ1v) is 16.0. The summed E-state index contributed by atoms with van der Waals surface area (Å²) in [5.74, 6) is -0.607. The van der Waals surface area contributed by atoms with Gasteiger partial charge in [-0.3, -0.25) is 4.79 Å². The van der Waals surface area contributed by atoms with Crippen molar-refractivity contribution >= 4 is 16.0 Å². The number of sulfonamides is 1. The summed E-state index contributed by atoms with van der Waals surface area (Å²) >= 11 is 0. The lowest BCUT2D eigenvalue weighted by Crippen LogP contribution is -2.47. The van der Waals surface area contributed by atoms with Gasteiger partial charge in [0.1, 0.15) is 0 Å². The quantitative estimate of drug-likeness (QED) is 0.228. The lowest BCUT2D eigenvalue weighted by atomic mass is 9.88. The van der Waals surface area contributed by atoms with Crippen molar-refractivity contribution in [1.29, 1.82) is 0 Å². The summed E-state index contributed by atoms with van der Waals surface area (Å²) in [4.78, 5) is 10.1. The number of alkyl halides is 3. The molecule has 0 amide bonds. The fourth-order valence-electron chi connectivity index (χ4n) is 6.02. The van der Waals surface area contributed by atoms with Crippen molar-refractivity contribution in [2.45, 2.75) is 68.7 Å². The molecule has 0 aliphatic heterocycles. The van der Waals surface area contributed by atoms with Crippen LogP contribution in [-0.4, -0.2) is 60.7 Å². The summed E-state index contributed by atoms with van der Waals surface area (Å²) in [6.07, 6.45) is -3.47. The highest BCUT2D eigenvalue weighted by Crippen LogP contribution is 2.39. The number of hydrogen-bond acceptors (Lipinski definition) is 5. The first-order valence-electron chi connectivity index (χ1n) is 14.5. The van der Waals surface area contributed by atoms with Gasteiger partial charge in [-0.15, -0.1) is 0 Å². The number of aliphatic hydroxyl groups excluding tert-OH is 1. The third-order valence-corrected chi connectivity index (χ3v) is 10.0. The number of β-amino-alcohol motifs (C(OH)–C–C–N with tert-alkyl or cyclic N) is 1. The number of hydrogen-bond donors (Lipinski definition) is 3. The molecule has 3 aromatic rings. The zero-order valence-corrected chi connectivity index (χ0v) is 25.9. The smallest absolute Gasteiger partial charge is 0.417 e. The Bertz CT molecular complexity index is 1570. The second-order valence-electron chi connectivity index (χ2n) is 12.2. The maximum Gasteiger partial charge on any atom is 0.417 e. The lowest BCUT2D eigenvalue weighted by Gasteiger charge is -2.31. The molecule has 3 aromatic carbocycles. The number of aryl methyl sites for hydroxylation is 1. The number of likely N-dealkylation sites (N-methyl/N-ethyl adjacent to an activating group) is 1. The summed E-state index contributed by atoms with van der Waals surface area (Å²) in [6.45, 7) is 3.68. The van der Waals surface area contributed by atoms with Gasteiger partial charge in [-0.05, 0) is 85.4 Å². The highest BCUT2D eigenvalue weighted by atomic mass is 32.2. The topological polar surface area (TPSA) is 107 Å². The van der Waals surface area contributed by atoms with E-state index in [1.165, 1.54) is 17.2 Å². The molecule has 0 saturated heterocycles. The van der Waals surface area contributed by atoms with Crippen molar-refractivity contribution < 1.29 is 36.6 Å². The van der Waals surface area contributed by atoms with E-state index in [0.29, 0.717) is 17.0 Å². The largest absolute Gasteiger partial charge is 0.481 e. The van der Waals surface area contributed by atoms with Gasteiger partial charge in [-0.2, -0.15) is 17.5 Å². The van der Waals surface area contributed by atoms with E-state index in [1.807, 2.05) is 26.0 Å². The number of rotatable bonds is 13. The molecule has 0 bridgehead atoms. The number of halogens is 3. The van der Waals surface area contributed by atoms with Gasteiger partial charge in [0.15, 0.2) is 0 Å². The number of nitrogens with one attached hydrogen (secondary N) is 1. The van der Waals surface area contributed by atoms with Crippen LogP contribution >= 0.6 is 0 Å². The Kier molecular flexibility index (Phi) is 10.2. The molecule has 238 valence electrons. The fourth-order valence-corrected chi connectivity index (χ4v) is 7.41. The molecule has 0 spiro atoms. The number of carboxylic acids is 1. The number of fused-ring (bicyclic) bond motifs is 1. The van der Waals surface area contributed by atoms with Crippen molar-refractivity contribution in [2.24, 2.45) is 5.92 Å². The molecule has 0 heterocycles. The van der Waals surface area contributed by atoms with Gasteiger partial charge in [-0.25, -0.2) is 8.42 Å². The van der Waals surface area contributed by atoms with Crippen LogP contribution in [0.15, 0.2) is 71.6 Å². The molecule has 0 saturated carbocycles. The van der Waals surface area contributed by atoms with Crippen LogP contribution in [0.2, 0.25) is 0 Å². The summed E-state index contributed by atoms with van der Waals surface area (Å²) in [7, 11) is -3.49. The summed E-state index contributed by atoms with van der Waals surface area (Å²) in [5.41, 5.74) is 2.04. The van der Waals surface area contributed by atoms with E-state index < -0.39 is 45.3 Å². The van der Waals surface area contributed by atoms with Crippen molar-refractivity contribution in [3.63, 3.8) is 0 Å². The Labute approximate surface area is 256 Å². The zero-order chi connectivity index (χ0) is 32.3. The average molecular weight is 633 g/mol. The molecule has 4 rings (SSSR count). The maximum absolute atomic E-state index is 14.2. The Morgan fingerprint density at radius 2 is 1.64 bits per heavy atom. The van der Waals surface area contributed by atoms with Crippen LogP contribution in [0.25, 0.3) is 11.1 Å². The van der Waals surface area contributed by atoms with E-state index >= 15 is 0 Å². The zero-order valence-electron chi connectivity index (χ0n) is 25.1. The van der Waals surface area contributed by atoms with Crippen molar-refractivity contribution in [3.05, 3.63) is 89.0 Å². The van der Waals surface area contributed by atoms with Gasteiger partial charge in [0.2, 0.25) is 10.0 Å². The van der Waals surface area contributed by atoms with Crippen LogP contribution in [0.3, 0.4) is 0 Å². The van der Waals surface area contributed by atoms with Crippen LogP contribution in [0, 0.1) is 5.92 Å². The monoisotopic (exact) mass is 632 g/mol. The summed E-state index contributed by atoms with van der Waals surface area (Å²) in [6, 6.07) is 17.8. The minimum atomic E-state index is -4.99. The number of aliphatic hydroxyl groups is 1. The molecular weight excluding hydrogens is 593 g/mol. The maximum atomic E-state index is 14.2. The normalized spacial score (nSPS) is 15.0. The van der Waals surface area contributed by atoms with E-state index in [0.717, 1.165) is 42.7 Å². The van der Waals surface area contributed by atoms with Gasteiger partial charge in [-0.1, -0.05) is 54.6 Å². The Hall–Kier alpha value is -3.25. The van der Waals surface area contributed by atoms with E-state index in [1.54, 1.807) is 24.3 Å². The standard InChI is InChI=1S/C33H39F3N2O5S/c1-32(2,19-22-16-24-9-4-5-10-25(24)17-22)37-20-27(39)21-38(3)44(42,43)30-14-12-26(18-29(30)33(34,35)36)28-11-7-6-8-23(28)13-15-31(40)41/h4-12,14,18,22,27,37,39H,13,15-17,19-21H2,1-3H3,(H,40,41)/t27-/m0/s1. The molecule has 0 unspecified atom stereocenters. The van der Waals surface area contributed by atoms with Gasteiger partial charge >= 0.3 is 12.1 Å². The molecule has 11 heteroatoms. The predicted octanol–water partition coefficient (Wildman–Crippen LogP) is 5.54. The molecule has 1 atom stereocenters. The highest BCUT2D eigenvalue weighted by molar-refractivity contribution is 7.89. The Balaban J connectivity index is 1.45. The first-order chi connectivity index (χ1) is 20.6. The Morgan fingerprint density at radius 1 is 1.02 bits per heavy atom. The van der Waals surface area contributed by atoms with E-state index in [9.17, 15) is 31.5 Å². The SMILES string of the molecule is CN(C[C@@H](O)CNC(C)(C)CC1Cc2ccccc2C1)S(=O)(=O)c1ccc(-c2ccccc2CCC(=O)O)cc1C(F)(F)F. The van der Waals surface area contributed by atoms with Gasteiger partial charge in [0.05, 0.1) is 16.6 Å². The predicted molar refractivity (Wildman–Crippen MR) is 163 cm³/mol. The third kappa shape index (κ3) is 8.26. The molecule has 44 heavy (non-hydrogen) atoms. The van der Waals surface area contributed by atoms with E-state index in [-0.39, 0.29) is 30.5 Å². The van der Waals surface area contributed by atoms with Crippen LogP contribution in [-0.2, 0) is 40.3 Å². The van der Waals surface area contributed by atoms with Crippen molar-refractivity contribution in [1.82, 2.24) is 9.62 Å². The molecular formula is C33H39F3N2O5S. The first kappa shape index (κ1) is 33.6. The molecule has 0 fully saturated rings. The van der Waals surface area contributed by atoms with E-state index in [4.69, 9.17) is 5.11 Å². The third-order valence-electron chi connectivity index (χ3n) is 8.13. The molecule has 3 N–H and O–H groups in total. The number of aliphatic carboxylic acids is 1. The van der Waals surface area contributed by atoms with Crippen LogP contribution < -0.4 is 5.32 Å². The molecule has 0 radical (unpaired) electrons. The summed E-state index contributed by atoms with van der Waals surface area (Å²) < 4.78 is 70.3. The van der Waals surface area contributed by atoms with Crippen LogP contribution in [0.1, 0.15) is 48.9 Å². The highest BCUT2D eigenvalue weighted by Gasteiger charge is 2.39. The van der Waals surface area contributed by atoms with Crippen molar-refractivity contribution in [2.75, 3.05) is 20.1 Å². The minimum Gasteiger partial charge on any atom is -0.481 e. The molecule has 7 nitrogen and oxygen atoms in total. The molecule has 1 aliphatic carbocycles. The minimum absolute atomic E-state index is 0.0602. The average Bonchev–Trinajstić information content (AvgIpc) is 3.36. The molecule has 0 aromatic heterocycles. The van der Waals surface area contributed by atoms with Gasteiger partial charge < -0.3 is 15.5 Å². The summed E-state index contributed by atoms with van der Waals surface area (Å²) in [5, 5.41) is 23.1. The number of benzene rings is 3. The lowest BCUT2D eigenvalue weighted by molar-refractivity contribution is -0.140. The van der Waals surface area contributed by atoms with Crippen LogP contribution in [0.5, 0.6) is 0 Å². The second-order valence-corrected chi connectivity index (χ2v) is 14.2. The second kappa shape index (κ2) is 13.4. The van der Waals surface area contributed by atoms with Crippen LogP contribution in [0.4, 0.5) is 13.2 Å². The fraction of sp³-hybridized carbons (Fsp3) is 0.424. The number of carbonyl (C=O) groups is 1.